The zero-order valence-corrected chi connectivity index (χ0v) is 68.3. The molecule has 8 rings (SSSR count). The van der Waals surface area contributed by atoms with Crippen LogP contribution in [0, 0.1) is 23.7 Å². The zero-order chi connectivity index (χ0) is 90.3. The molecule has 0 aliphatic carbocycles. The highest BCUT2D eigenvalue weighted by Gasteiger charge is 2.64. The molecule has 0 radical (unpaired) electrons. The van der Waals surface area contributed by atoms with Gasteiger partial charge < -0.3 is 88.5 Å². The van der Waals surface area contributed by atoms with E-state index < -0.39 is 176 Å². The number of fused-ring (bicyclic) bond motifs is 4. The van der Waals surface area contributed by atoms with Gasteiger partial charge in [0.05, 0.1) is 83.2 Å². The van der Waals surface area contributed by atoms with Crippen LogP contribution in [0.2, 0.25) is 0 Å². The summed E-state index contributed by atoms with van der Waals surface area (Å²) in [6.07, 6.45) is -4.73. The van der Waals surface area contributed by atoms with Crippen LogP contribution in [0.5, 0.6) is 0 Å². The number of likely N-dealkylation sites (tertiary alicyclic amines) is 2. The first-order valence-electron chi connectivity index (χ1n) is 38.2. The molecule has 8 aliphatic rings. The molecule has 8 heterocycles. The van der Waals surface area contributed by atoms with Gasteiger partial charge in [-0.1, -0.05) is 90.0 Å². The van der Waals surface area contributed by atoms with E-state index in [1.54, 1.807) is 49.2 Å². The van der Waals surface area contributed by atoms with Crippen molar-refractivity contribution in [2.24, 2.45) is 23.7 Å². The normalized spacial score (nSPS) is 40.7. The highest BCUT2D eigenvalue weighted by Crippen LogP contribution is 2.47. The number of likely N-dealkylation sites (N-methyl/N-ethyl adjacent to an activating group) is 2. The van der Waals surface area contributed by atoms with Gasteiger partial charge in [-0.2, -0.15) is 64.8 Å². The summed E-state index contributed by atoms with van der Waals surface area (Å²) < 4.78 is 297. The molecular weight excluding hydrogens is 1540 g/mol. The number of aliphatic hydroxyl groups excluding tert-OH is 5. The molecule has 8 aliphatic heterocycles. The van der Waals surface area contributed by atoms with Gasteiger partial charge in [0.25, 0.3) is 0 Å². The van der Waals surface area contributed by atoms with Crippen molar-refractivity contribution in [1.29, 1.82) is 0 Å². The molecule has 42 heteroatoms. The van der Waals surface area contributed by atoms with Crippen molar-refractivity contribution in [3.05, 3.63) is 0 Å². The van der Waals surface area contributed by atoms with Gasteiger partial charge in [-0.05, 0) is 83.7 Å². The van der Waals surface area contributed by atoms with Gasteiger partial charge in [0.2, 0.25) is 0 Å². The predicted molar refractivity (Wildman–Crippen MR) is 375 cm³/mol. The van der Waals surface area contributed by atoms with Gasteiger partial charge in [0.1, 0.15) is 71.7 Å². The molecular formula is C65H125ClF9N3O26S3. The molecule has 0 saturated carbocycles. The standard InChI is InChI=1S/C12H22O4.C11H19F3O5S.C10H19NO2.2C10H20O3.C8H15NO3.C2F6O5S2.CH3Cl.CH4O.H3N/c1-6-12(8(2)3)11(14-5)10(7-15-12)16-9(4)13;1-5-10(7(2)3)9(17-4)8(6-18-10)19-20(15,16)11(12,13)14;1-5-10-7(2)11(3)8(6-13-10)9(10)12-4;2*1-5-10(7(2)3)9(12-4)8(11)6-13-10;1-5-8(4-10)7(11)6(3-12-8)9(5)2;3-1(4,5)14(9,10)13-15(11,12)2(6,7)8;2*1-2;/h8,10-11H,6-7H2,1-5H3;7-9H,5-6H2,1-4H3;7-9H,5-6H2,1-4H3;2*7-9,11H,5-6H2,1-4H3;5-7,10-11H,3-4H2,1-2H3;;1H3;2H,1H3;1H3/t10-,11-,12-;8-,9+,10+;7-,8+,9+,10+;8-,9+,10+;8-,9-,10-;5-,6+,7+,8+;;;;/m011101..../s1/i7T;4*6T;3T;;1TD;;/t7-,10-,11-,12-;6-,8+,9-,10-;6-,7+,8-,9-,10-;6-,8+,9-,10-;6-,8-,9-,10-;3-,5+,6-,7-,8-;;;;/m000000..... The van der Waals surface area contributed by atoms with E-state index in [0.29, 0.717) is 12.5 Å². The first kappa shape index (κ1) is 92.3. The monoisotopic (exact) mass is 1680 g/mol. The van der Waals surface area contributed by atoms with Crippen molar-refractivity contribution in [2.75, 3.05) is 109 Å². The van der Waals surface area contributed by atoms with Gasteiger partial charge in [-0.15, -0.1) is 15.2 Å². The highest BCUT2D eigenvalue weighted by atomic mass is 35.5. The number of esters is 1. The van der Waals surface area contributed by atoms with E-state index in [9.17, 15) is 90.0 Å². The minimum Gasteiger partial charge on any atom is -0.457 e. The molecule has 0 aromatic heterocycles. The minimum absolute atomic E-state index is 0. The molecule has 0 amide bonds. The average Bonchev–Trinajstić information content (AvgIpc) is 1.56. The lowest BCUT2D eigenvalue weighted by molar-refractivity contribution is -0.154. The molecule has 29 nitrogen and oxygen atoms in total. The highest BCUT2D eigenvalue weighted by molar-refractivity contribution is 8.00. The summed E-state index contributed by atoms with van der Waals surface area (Å²) >= 11 is 4.61. The van der Waals surface area contributed by atoms with Crippen LogP contribution in [0.25, 0.3) is 0 Å². The summed E-state index contributed by atoms with van der Waals surface area (Å²) in [6, 6.07) is 0.0836. The summed E-state index contributed by atoms with van der Waals surface area (Å²) in [5.74, 6) is 0.0202. The summed E-state index contributed by atoms with van der Waals surface area (Å²) in [4.78, 5) is 15.2. The van der Waals surface area contributed by atoms with Crippen LogP contribution < -0.4 is 6.15 Å². The van der Waals surface area contributed by atoms with Crippen LogP contribution in [-0.4, -0.2) is 311 Å². The summed E-state index contributed by atoms with van der Waals surface area (Å²) in [6.45, 7) is 25.2. The Bertz CT molecular complexity index is 3160. The Morgan fingerprint density at radius 3 is 1.08 bits per heavy atom. The van der Waals surface area contributed by atoms with E-state index in [1.165, 1.54) is 14.0 Å². The van der Waals surface area contributed by atoms with E-state index in [1.807, 2.05) is 84.8 Å². The quantitative estimate of drug-likeness (QED) is 0.0229. The lowest BCUT2D eigenvalue weighted by atomic mass is 9.82. The Labute approximate surface area is 643 Å². The first-order chi connectivity index (χ1) is 51.9. The second-order valence-electron chi connectivity index (χ2n) is 26.6. The molecule has 0 spiro atoms. The third-order valence-corrected chi connectivity index (χ3v) is 24.3. The molecule has 107 heavy (non-hydrogen) atoms. The Kier molecular flexibility index (Phi) is 37.7. The van der Waals surface area contributed by atoms with Crippen LogP contribution in [0.1, 0.15) is 154 Å². The number of alkyl halides is 10. The number of rotatable bonds is 20. The van der Waals surface area contributed by atoms with Crippen LogP contribution in [0.4, 0.5) is 39.5 Å². The third kappa shape index (κ3) is 23.3. The molecule has 644 valence electrons. The zero-order valence-electron chi connectivity index (χ0n) is 73.1. The van der Waals surface area contributed by atoms with Crippen molar-refractivity contribution in [3.8, 4) is 0 Å². The predicted octanol–water partition coefficient (Wildman–Crippen LogP) is 7.26. The molecule has 8 fully saturated rings. The SMILES string of the molecule is CO.N.O=S(=O)(OS(=O)(=O)C(F)(F)F)C(F)(F)F.[2H]C([3H])Cl.[3H][C@@H]1O[C@@](CC)(C(C)C)[C@@H](OC)[C@@H]1O.[3H][C@@H]1O[C@@](CC)(C(C)C)[C@@H](OC)[C@@H]1OS(=O)(=O)C(F)(F)F.[3H][C@@H]1O[C@@](CC)(C(C)C)[C@@H](OC)[C@H]1O.[3H][C@@H]1O[C@@](CC)(C(C)C)[C@@H](OC)[C@H]1OC(C)=O.[3H][C@@H]1O[C@]2(CC)[C@@H](OC)[C@H]1N(C)[C@@H]2C.[3H][C@@H]1O[C@]2(CO)[C@@H](O)[C@H]1N(C)[C@@H]2C. The number of carbonyl (C=O) groups is 1. The molecule has 8 saturated heterocycles. The fourth-order valence-electron chi connectivity index (χ4n) is 14.1. The molecule has 8 N–H and O–H groups in total. The van der Waals surface area contributed by atoms with Gasteiger partial charge in [-0.25, -0.2) is 0 Å². The number of methoxy groups -OCH3 is 5. The maximum Gasteiger partial charge on any atom is 0.524 e. The lowest BCUT2D eigenvalue weighted by Crippen LogP contribution is -2.52. The fraction of sp³-hybridized carbons (Fsp3) is 0.985. The van der Waals surface area contributed by atoms with Crippen molar-refractivity contribution >= 4 is 47.9 Å². The largest absolute Gasteiger partial charge is 0.524 e. The van der Waals surface area contributed by atoms with Crippen molar-refractivity contribution in [3.63, 3.8) is 0 Å². The van der Waals surface area contributed by atoms with E-state index >= 15 is 0 Å². The van der Waals surface area contributed by atoms with Crippen LogP contribution in [0.3, 0.4) is 0 Å². The third-order valence-electron chi connectivity index (χ3n) is 20.6. The molecule has 0 aromatic rings. The van der Waals surface area contributed by atoms with E-state index in [4.69, 9.17) is 72.9 Å². The fourth-order valence-corrected chi connectivity index (χ4v) is 16.3. The minimum atomic E-state index is -6.85. The molecule has 27 atom stereocenters. The Morgan fingerprint density at radius 1 is 0.533 bits per heavy atom. The number of aliphatic hydroxyl groups is 5. The summed E-state index contributed by atoms with van der Waals surface area (Å²) in [7, 11) is -6.99. The number of morpholine rings is 2. The van der Waals surface area contributed by atoms with E-state index in [0.717, 1.165) is 32.8 Å². The maximum absolute atomic E-state index is 12.4. The maximum atomic E-state index is 12.4. The topological polar surface area (TPSA) is 391 Å². The van der Waals surface area contributed by atoms with Crippen molar-refractivity contribution in [2.45, 2.75) is 278 Å². The number of ether oxygens (including phenoxy) is 12. The van der Waals surface area contributed by atoms with Gasteiger partial charge in [-0.3, -0.25) is 18.8 Å². The summed E-state index contributed by atoms with van der Waals surface area (Å²) in [5, 5.41) is 45.5. The Balaban J connectivity index is 0. The van der Waals surface area contributed by atoms with Crippen molar-refractivity contribution < 1.29 is 171 Å². The molecule has 0 aromatic carbocycles. The molecule has 1 unspecified atom stereocenters. The van der Waals surface area contributed by atoms with Gasteiger partial charge in [0.15, 0.2) is 6.10 Å². The lowest BCUT2D eigenvalue weighted by Gasteiger charge is -2.37. The van der Waals surface area contributed by atoms with Gasteiger partial charge >= 0.3 is 52.8 Å². The van der Waals surface area contributed by atoms with Crippen molar-refractivity contribution in [1.82, 2.24) is 16.0 Å². The number of hydrogen-bond acceptors (Lipinski definition) is 29. The number of nitrogens with zero attached hydrogens (tertiary/aromatic N) is 2. The number of halogens is 10. The average molecular weight is 1680 g/mol. The van der Waals surface area contributed by atoms with E-state index in [-0.39, 0.29) is 72.4 Å². The molecule has 4 bridgehead atoms. The number of carbonyl (C=O) groups excluding carboxylic acids is 1. The number of hydrogen-bond donors (Lipinski definition) is 6. The second kappa shape index (κ2) is 43.7. The summed E-state index contributed by atoms with van der Waals surface area (Å²) in [5.41, 5.74) is -21.9. The first-order valence-corrected chi connectivity index (χ1v) is 38.3. The second-order valence-corrected chi connectivity index (χ2v) is 31.4. The Hall–Kier alpha value is -1.86. The van der Waals surface area contributed by atoms with E-state index in [2.05, 4.69) is 41.6 Å². The van der Waals surface area contributed by atoms with Crippen LogP contribution >= 0.6 is 11.6 Å². The van der Waals surface area contributed by atoms with Crippen LogP contribution in [-0.2, 0) is 99.8 Å². The van der Waals surface area contributed by atoms with Gasteiger partial charge in [0, 0.05) is 70.7 Å². The Morgan fingerprint density at radius 2 is 0.822 bits per heavy atom. The smallest absolute Gasteiger partial charge is 0.457 e. The van der Waals surface area contributed by atoms with Crippen LogP contribution in [0.15, 0.2) is 0 Å².